The molecule has 5 heteroatoms. The molecule has 1 saturated heterocycles. The number of carbonyl (C=O) groups excluding carboxylic acids is 1. The van der Waals surface area contributed by atoms with Crippen molar-refractivity contribution in [3.8, 4) is 0 Å². The Balaban J connectivity index is 1.74. The van der Waals surface area contributed by atoms with E-state index < -0.39 is 0 Å². The van der Waals surface area contributed by atoms with Crippen LogP contribution in [0.4, 0.5) is 17.2 Å². The molecule has 0 radical (unpaired) electrons. The van der Waals surface area contributed by atoms with Gasteiger partial charge in [-0.2, -0.15) is 0 Å². The van der Waals surface area contributed by atoms with Crippen molar-refractivity contribution in [2.24, 2.45) is 0 Å². The van der Waals surface area contributed by atoms with Crippen molar-refractivity contribution < 1.29 is 4.79 Å². The molecule has 0 aliphatic carbocycles. The number of rotatable bonds is 4. The molecule has 1 amide bonds. The van der Waals surface area contributed by atoms with Crippen LogP contribution in [0.5, 0.6) is 0 Å². The third kappa shape index (κ3) is 4.50. The third-order valence-corrected chi connectivity index (χ3v) is 4.52. The molecular weight excluding hydrogens is 312 g/mol. The minimum atomic E-state index is -0.174. The number of amides is 1. The standard InChI is InChI=1S/C20H26N4O/c1-23(2)17-10-7-9-16(15-17)21-20(25)18-11-8-12-19(22-18)24-13-5-3-4-6-14-24/h7-12,15H,3-6,13-14H2,1-2H3,(H,21,25). The summed E-state index contributed by atoms with van der Waals surface area (Å²) in [6, 6.07) is 13.5. The SMILES string of the molecule is CN(C)c1cccc(NC(=O)c2cccc(N3CCCCCC3)n2)c1. The van der Waals surface area contributed by atoms with Crippen molar-refractivity contribution in [2.75, 3.05) is 42.3 Å². The topological polar surface area (TPSA) is 48.5 Å². The van der Waals surface area contributed by atoms with Crippen molar-refractivity contribution in [1.82, 2.24) is 4.98 Å². The van der Waals surface area contributed by atoms with Crippen LogP contribution in [0, 0.1) is 0 Å². The lowest BCUT2D eigenvalue weighted by Crippen LogP contribution is -2.26. The highest BCUT2D eigenvalue weighted by Crippen LogP contribution is 2.20. The predicted molar refractivity (Wildman–Crippen MR) is 104 cm³/mol. The van der Waals surface area contributed by atoms with Crippen LogP contribution >= 0.6 is 0 Å². The predicted octanol–water partition coefficient (Wildman–Crippen LogP) is 3.78. The molecule has 2 aromatic rings. The lowest BCUT2D eigenvalue weighted by molar-refractivity contribution is 0.102. The Morgan fingerprint density at radius 3 is 2.48 bits per heavy atom. The second-order valence-corrected chi connectivity index (χ2v) is 6.68. The van der Waals surface area contributed by atoms with Gasteiger partial charge in [0.1, 0.15) is 11.5 Å². The van der Waals surface area contributed by atoms with Crippen molar-refractivity contribution in [1.29, 1.82) is 0 Å². The average Bonchev–Trinajstić information content (AvgIpc) is 2.91. The summed E-state index contributed by atoms with van der Waals surface area (Å²) in [7, 11) is 3.96. The Hall–Kier alpha value is -2.56. The van der Waals surface area contributed by atoms with Gasteiger partial charge in [-0.25, -0.2) is 4.98 Å². The highest BCUT2D eigenvalue weighted by Gasteiger charge is 2.14. The van der Waals surface area contributed by atoms with Crippen molar-refractivity contribution in [3.63, 3.8) is 0 Å². The minimum absolute atomic E-state index is 0.174. The number of nitrogens with zero attached hydrogens (tertiary/aromatic N) is 3. The summed E-state index contributed by atoms with van der Waals surface area (Å²) in [4.78, 5) is 21.5. The molecular formula is C20H26N4O. The van der Waals surface area contributed by atoms with Crippen LogP contribution in [0.2, 0.25) is 0 Å². The van der Waals surface area contributed by atoms with Crippen LogP contribution in [0.3, 0.4) is 0 Å². The second kappa shape index (κ2) is 8.01. The Kier molecular flexibility index (Phi) is 5.53. The van der Waals surface area contributed by atoms with Gasteiger partial charge in [-0.3, -0.25) is 4.79 Å². The van der Waals surface area contributed by atoms with Crippen LogP contribution in [0.1, 0.15) is 36.2 Å². The largest absolute Gasteiger partial charge is 0.378 e. The van der Waals surface area contributed by atoms with E-state index in [2.05, 4.69) is 15.2 Å². The fourth-order valence-corrected chi connectivity index (χ4v) is 3.08. The zero-order valence-electron chi connectivity index (χ0n) is 15.0. The Labute approximate surface area is 149 Å². The summed E-state index contributed by atoms with van der Waals surface area (Å²) >= 11 is 0. The zero-order valence-corrected chi connectivity index (χ0v) is 15.0. The zero-order chi connectivity index (χ0) is 17.6. The number of pyridine rings is 1. The first kappa shape index (κ1) is 17.3. The van der Waals surface area contributed by atoms with Crippen LogP contribution in [-0.4, -0.2) is 38.1 Å². The fourth-order valence-electron chi connectivity index (χ4n) is 3.08. The minimum Gasteiger partial charge on any atom is -0.378 e. The molecule has 1 aromatic carbocycles. The molecule has 2 heterocycles. The van der Waals surface area contributed by atoms with Gasteiger partial charge in [-0.15, -0.1) is 0 Å². The van der Waals surface area contributed by atoms with E-state index in [9.17, 15) is 4.79 Å². The Morgan fingerprint density at radius 2 is 1.76 bits per heavy atom. The van der Waals surface area contributed by atoms with E-state index in [1.54, 1.807) is 6.07 Å². The van der Waals surface area contributed by atoms with Crippen molar-refractivity contribution >= 4 is 23.1 Å². The van der Waals surface area contributed by atoms with E-state index in [0.717, 1.165) is 30.3 Å². The molecule has 1 aliphatic rings. The smallest absolute Gasteiger partial charge is 0.274 e. The molecule has 0 atom stereocenters. The van der Waals surface area contributed by atoms with Gasteiger partial charge in [0.15, 0.2) is 0 Å². The molecule has 1 N–H and O–H groups in total. The summed E-state index contributed by atoms with van der Waals surface area (Å²) < 4.78 is 0. The maximum Gasteiger partial charge on any atom is 0.274 e. The number of hydrogen-bond donors (Lipinski definition) is 1. The van der Waals surface area contributed by atoms with Crippen LogP contribution in [-0.2, 0) is 0 Å². The van der Waals surface area contributed by atoms with Gasteiger partial charge >= 0.3 is 0 Å². The second-order valence-electron chi connectivity index (χ2n) is 6.68. The third-order valence-electron chi connectivity index (χ3n) is 4.52. The summed E-state index contributed by atoms with van der Waals surface area (Å²) in [6.45, 7) is 2.03. The number of benzene rings is 1. The molecule has 1 aromatic heterocycles. The van der Waals surface area contributed by atoms with Crippen molar-refractivity contribution in [3.05, 3.63) is 48.2 Å². The van der Waals surface area contributed by atoms with Crippen LogP contribution in [0.15, 0.2) is 42.5 Å². The summed E-state index contributed by atoms with van der Waals surface area (Å²) in [5, 5.41) is 2.95. The van der Waals surface area contributed by atoms with E-state index in [1.807, 2.05) is 55.4 Å². The fraction of sp³-hybridized carbons (Fsp3) is 0.400. The Morgan fingerprint density at radius 1 is 1.04 bits per heavy atom. The molecule has 25 heavy (non-hydrogen) atoms. The Bertz CT molecular complexity index is 721. The lowest BCUT2D eigenvalue weighted by Gasteiger charge is -2.21. The molecule has 1 aliphatic heterocycles. The van der Waals surface area contributed by atoms with Gasteiger partial charge in [0.05, 0.1) is 0 Å². The molecule has 0 spiro atoms. The number of aromatic nitrogens is 1. The van der Waals surface area contributed by atoms with Gasteiger partial charge < -0.3 is 15.1 Å². The quantitative estimate of drug-likeness (QED) is 0.922. The van der Waals surface area contributed by atoms with E-state index >= 15 is 0 Å². The van der Waals surface area contributed by atoms with E-state index in [-0.39, 0.29) is 5.91 Å². The van der Waals surface area contributed by atoms with Gasteiger partial charge in [0, 0.05) is 38.6 Å². The summed E-state index contributed by atoms with van der Waals surface area (Å²) in [5.41, 5.74) is 2.28. The number of carbonyl (C=O) groups is 1. The molecule has 5 nitrogen and oxygen atoms in total. The van der Waals surface area contributed by atoms with E-state index in [4.69, 9.17) is 0 Å². The lowest BCUT2D eigenvalue weighted by atomic mass is 10.2. The van der Waals surface area contributed by atoms with Gasteiger partial charge in [-0.05, 0) is 43.2 Å². The van der Waals surface area contributed by atoms with Gasteiger partial charge in [0.2, 0.25) is 0 Å². The molecule has 0 unspecified atom stereocenters. The van der Waals surface area contributed by atoms with Crippen LogP contribution < -0.4 is 15.1 Å². The van der Waals surface area contributed by atoms with Gasteiger partial charge in [0.25, 0.3) is 5.91 Å². The van der Waals surface area contributed by atoms with E-state index in [0.29, 0.717) is 5.69 Å². The highest BCUT2D eigenvalue weighted by atomic mass is 16.1. The van der Waals surface area contributed by atoms with Gasteiger partial charge in [-0.1, -0.05) is 25.0 Å². The number of anilines is 3. The molecule has 132 valence electrons. The maximum atomic E-state index is 12.6. The first-order valence-corrected chi connectivity index (χ1v) is 8.94. The number of nitrogens with one attached hydrogen (secondary N) is 1. The summed E-state index contributed by atoms with van der Waals surface area (Å²) in [5.74, 6) is 0.726. The number of hydrogen-bond acceptors (Lipinski definition) is 4. The monoisotopic (exact) mass is 338 g/mol. The maximum absolute atomic E-state index is 12.6. The molecule has 3 rings (SSSR count). The highest BCUT2D eigenvalue weighted by molar-refractivity contribution is 6.03. The van der Waals surface area contributed by atoms with E-state index in [1.165, 1.54) is 25.7 Å². The molecule has 0 saturated carbocycles. The molecule has 0 bridgehead atoms. The molecule has 1 fully saturated rings. The first-order valence-electron chi connectivity index (χ1n) is 8.94. The van der Waals surface area contributed by atoms with Crippen molar-refractivity contribution in [2.45, 2.75) is 25.7 Å². The summed E-state index contributed by atoms with van der Waals surface area (Å²) in [6.07, 6.45) is 4.93. The normalized spacial score (nSPS) is 14.7. The average molecular weight is 338 g/mol. The van der Waals surface area contributed by atoms with Crippen LogP contribution in [0.25, 0.3) is 0 Å². The first-order chi connectivity index (χ1) is 12.1.